The zero-order valence-corrected chi connectivity index (χ0v) is 5.35. The molecule has 0 radical (unpaired) electrons. The molecule has 0 aromatic carbocycles. The highest BCUT2D eigenvalue weighted by Crippen LogP contribution is 2.13. The average molecular weight is 154 g/mol. The number of allylic oxidation sites excluding steroid dienone is 1. The second-order valence-electron chi connectivity index (χ2n) is 1.37. The van der Waals surface area contributed by atoms with Crippen LogP contribution in [0.25, 0.3) is 0 Å². The highest BCUT2D eigenvalue weighted by molar-refractivity contribution is 7.78. The van der Waals surface area contributed by atoms with Gasteiger partial charge in [0.15, 0.2) is 5.83 Å². The fourth-order valence-electron chi connectivity index (χ4n) is 0.280. The summed E-state index contributed by atoms with van der Waals surface area (Å²) in [6, 6.07) is 0. The van der Waals surface area contributed by atoms with Crippen LogP contribution >= 0.6 is 12.2 Å². The van der Waals surface area contributed by atoms with Crippen LogP contribution in [-0.2, 0) is 0 Å². The van der Waals surface area contributed by atoms with E-state index in [1.54, 1.807) is 0 Å². The van der Waals surface area contributed by atoms with Crippen LogP contribution in [0.5, 0.6) is 0 Å². The monoisotopic (exact) mass is 154 g/mol. The van der Waals surface area contributed by atoms with Crippen molar-refractivity contribution in [1.82, 2.24) is 0 Å². The van der Waals surface area contributed by atoms with Crippen molar-refractivity contribution in [3.05, 3.63) is 11.9 Å². The van der Waals surface area contributed by atoms with E-state index in [1.807, 2.05) is 0 Å². The molecule has 0 spiro atoms. The van der Waals surface area contributed by atoms with E-state index in [4.69, 9.17) is 0 Å². The molecule has 0 aliphatic carbocycles. The van der Waals surface area contributed by atoms with E-state index in [0.717, 1.165) is 0 Å². The van der Waals surface area contributed by atoms with Gasteiger partial charge in [-0.2, -0.15) is 8.78 Å². The van der Waals surface area contributed by atoms with Crippen molar-refractivity contribution in [2.24, 2.45) is 0 Å². The first-order chi connectivity index (χ1) is 4.18. The summed E-state index contributed by atoms with van der Waals surface area (Å²) in [7, 11) is 0. The summed E-state index contributed by atoms with van der Waals surface area (Å²) in [5, 5.41) is 1.22. The van der Waals surface area contributed by atoms with Gasteiger partial charge in [-0.15, -0.1) is 0 Å². The maximum absolute atomic E-state index is 11.8. The Morgan fingerprint density at radius 3 is 2.22 bits per heavy atom. The quantitative estimate of drug-likeness (QED) is 0.563. The van der Waals surface area contributed by atoms with Gasteiger partial charge in [0.1, 0.15) is 0 Å². The van der Waals surface area contributed by atoms with Crippen LogP contribution in [0.2, 0.25) is 0 Å². The highest BCUT2D eigenvalue weighted by Gasteiger charge is 2.01. The van der Waals surface area contributed by atoms with Crippen LogP contribution in [0.1, 0.15) is 12.8 Å². The number of halogens is 3. The largest absolute Gasteiger partial charge is 0.301 e. The van der Waals surface area contributed by atoms with Crippen LogP contribution in [0, 0.1) is 0 Å². The molecule has 0 N–H and O–H groups in total. The Morgan fingerprint density at radius 2 is 1.89 bits per heavy atom. The molecule has 0 nitrogen and oxygen atoms in total. The van der Waals surface area contributed by atoms with Crippen molar-refractivity contribution in [3.63, 3.8) is 0 Å². The molecule has 0 atom stereocenters. The maximum atomic E-state index is 11.8. The average Bonchev–Trinajstić information content (AvgIpc) is 1.82. The van der Waals surface area contributed by atoms with Crippen LogP contribution in [-0.4, -0.2) is 5.37 Å². The zero-order chi connectivity index (χ0) is 7.28. The van der Waals surface area contributed by atoms with E-state index < -0.39 is 11.9 Å². The van der Waals surface area contributed by atoms with Gasteiger partial charge in [0.25, 0.3) is 0 Å². The molecule has 0 amide bonds. The van der Waals surface area contributed by atoms with E-state index >= 15 is 0 Å². The summed E-state index contributed by atoms with van der Waals surface area (Å²) in [6.07, 6.45) is -2.35. The van der Waals surface area contributed by atoms with E-state index in [0.29, 0.717) is 0 Å². The summed E-state index contributed by atoms with van der Waals surface area (Å²) in [5.74, 6) is -1.36. The van der Waals surface area contributed by atoms with Crippen molar-refractivity contribution < 1.29 is 13.2 Å². The zero-order valence-electron chi connectivity index (χ0n) is 4.53. The van der Waals surface area contributed by atoms with Crippen LogP contribution < -0.4 is 0 Å². The van der Waals surface area contributed by atoms with Gasteiger partial charge in [-0.3, -0.25) is 0 Å². The Labute approximate surface area is 56.4 Å². The molecule has 9 heavy (non-hydrogen) atoms. The molecule has 0 aliphatic rings. The van der Waals surface area contributed by atoms with Crippen molar-refractivity contribution >= 4 is 17.6 Å². The Kier molecular flexibility index (Phi) is 4.30. The summed E-state index contributed by atoms with van der Waals surface area (Å²) >= 11 is 4.30. The predicted octanol–water partition coefficient (Wildman–Crippen LogP) is 2.84. The summed E-state index contributed by atoms with van der Waals surface area (Å²) in [5.41, 5.74) is 0. The summed E-state index contributed by atoms with van der Waals surface area (Å²) < 4.78 is 34.2. The topological polar surface area (TPSA) is 0 Å². The third kappa shape index (κ3) is 4.14. The molecular formula is C5H5F3S. The molecule has 0 saturated heterocycles. The Morgan fingerprint density at radius 1 is 1.33 bits per heavy atom. The molecule has 52 valence electrons. The third-order valence-corrected chi connectivity index (χ3v) is 0.922. The SMILES string of the molecule is FC(F)=C(F)CCC=S. The second-order valence-corrected chi connectivity index (χ2v) is 1.70. The van der Waals surface area contributed by atoms with Crippen molar-refractivity contribution in [2.75, 3.05) is 0 Å². The molecule has 0 saturated carbocycles. The maximum Gasteiger partial charge on any atom is 0.301 e. The van der Waals surface area contributed by atoms with Crippen molar-refractivity contribution in [1.29, 1.82) is 0 Å². The normalized spacial score (nSPS) is 8.78. The molecule has 0 aromatic heterocycles. The standard InChI is InChI=1S/C5H5F3S/c6-4(5(7)8)2-1-3-9/h3H,1-2H2. The molecular weight excluding hydrogens is 149 g/mol. The molecule has 0 heterocycles. The Bertz CT molecular complexity index is 126. The smallest absolute Gasteiger partial charge is 0.206 e. The van der Waals surface area contributed by atoms with Gasteiger partial charge in [-0.25, -0.2) is 4.39 Å². The number of hydrogen-bond donors (Lipinski definition) is 0. The molecule has 0 unspecified atom stereocenters. The third-order valence-electron chi connectivity index (χ3n) is 0.687. The van der Waals surface area contributed by atoms with E-state index in [9.17, 15) is 13.2 Å². The van der Waals surface area contributed by atoms with Crippen molar-refractivity contribution in [3.8, 4) is 0 Å². The molecule has 4 heteroatoms. The lowest BCUT2D eigenvalue weighted by atomic mass is 10.3. The van der Waals surface area contributed by atoms with Crippen LogP contribution in [0.4, 0.5) is 13.2 Å². The van der Waals surface area contributed by atoms with Gasteiger partial charge in [0.05, 0.1) is 0 Å². The Balaban J connectivity index is 3.62. The minimum Gasteiger partial charge on any atom is -0.206 e. The minimum absolute atomic E-state index is 0.179. The van der Waals surface area contributed by atoms with Gasteiger partial charge in [0, 0.05) is 6.42 Å². The van der Waals surface area contributed by atoms with Gasteiger partial charge in [0.2, 0.25) is 0 Å². The molecule has 0 rings (SSSR count). The molecule has 0 fully saturated rings. The predicted molar refractivity (Wildman–Crippen MR) is 33.2 cm³/mol. The van der Waals surface area contributed by atoms with E-state index in [-0.39, 0.29) is 12.8 Å². The van der Waals surface area contributed by atoms with Crippen LogP contribution in [0.15, 0.2) is 11.9 Å². The summed E-state index contributed by atoms with van der Waals surface area (Å²) in [6.45, 7) is 0. The molecule has 0 aromatic rings. The first kappa shape index (κ1) is 8.62. The van der Waals surface area contributed by atoms with Crippen molar-refractivity contribution in [2.45, 2.75) is 12.8 Å². The van der Waals surface area contributed by atoms with E-state index in [1.165, 1.54) is 5.37 Å². The minimum atomic E-state index is -2.24. The fourth-order valence-corrected chi connectivity index (χ4v) is 0.398. The van der Waals surface area contributed by atoms with Gasteiger partial charge in [-0.1, -0.05) is 12.2 Å². The molecule has 0 aliphatic heterocycles. The first-order valence-electron chi connectivity index (χ1n) is 2.31. The van der Waals surface area contributed by atoms with Gasteiger partial charge >= 0.3 is 6.08 Å². The lowest BCUT2D eigenvalue weighted by Crippen LogP contribution is -1.77. The number of hydrogen-bond acceptors (Lipinski definition) is 1. The van der Waals surface area contributed by atoms with E-state index in [2.05, 4.69) is 12.2 Å². The fraction of sp³-hybridized carbons (Fsp3) is 0.400. The first-order valence-corrected chi connectivity index (χ1v) is 2.79. The number of thiocarbonyl (C=S) groups is 1. The van der Waals surface area contributed by atoms with Gasteiger partial charge in [-0.05, 0) is 11.8 Å². The lowest BCUT2D eigenvalue weighted by Gasteiger charge is -1.87. The molecule has 0 bridgehead atoms. The highest BCUT2D eigenvalue weighted by atomic mass is 32.1. The lowest BCUT2D eigenvalue weighted by molar-refractivity contribution is 0.371. The number of rotatable bonds is 3. The Hall–Kier alpha value is -0.380. The summed E-state index contributed by atoms with van der Waals surface area (Å²) in [4.78, 5) is 0. The second kappa shape index (κ2) is 4.49. The van der Waals surface area contributed by atoms with Gasteiger partial charge < -0.3 is 0 Å². The van der Waals surface area contributed by atoms with Crippen LogP contribution in [0.3, 0.4) is 0 Å².